The van der Waals surface area contributed by atoms with Crippen molar-refractivity contribution in [2.45, 2.75) is 63.7 Å². The van der Waals surface area contributed by atoms with Crippen LogP contribution in [0.1, 0.15) is 52.3 Å². The van der Waals surface area contributed by atoms with Gasteiger partial charge in [-0.3, -0.25) is 4.79 Å². The first kappa shape index (κ1) is 19.0. The average Bonchev–Trinajstić information content (AvgIpc) is 2.88. The Morgan fingerprint density at radius 3 is 2.64 bits per heavy atom. The zero-order valence-corrected chi connectivity index (χ0v) is 14.9. The summed E-state index contributed by atoms with van der Waals surface area (Å²) < 4.78 is 5.20. The predicted molar refractivity (Wildman–Crippen MR) is 87.9 cm³/mol. The molecule has 2 N–H and O–H groups in total. The second-order valence-electron chi connectivity index (χ2n) is 6.43. The van der Waals surface area contributed by atoms with Crippen LogP contribution in [0.2, 0.25) is 0 Å². The van der Waals surface area contributed by atoms with Gasteiger partial charge in [-0.05, 0) is 19.6 Å². The molecular formula is C15H27N3O3S. The lowest BCUT2D eigenvalue weighted by molar-refractivity contribution is -0.121. The minimum atomic E-state index is -0.133. The molecule has 0 spiro atoms. The third-order valence-corrected chi connectivity index (χ3v) is 4.53. The maximum absolute atomic E-state index is 11.9. The van der Waals surface area contributed by atoms with Gasteiger partial charge in [0.25, 0.3) is 0 Å². The van der Waals surface area contributed by atoms with E-state index in [-0.39, 0.29) is 29.2 Å². The summed E-state index contributed by atoms with van der Waals surface area (Å²) in [6.07, 6.45) is 3.58. The molecule has 0 fully saturated rings. The summed E-state index contributed by atoms with van der Waals surface area (Å²) in [6.45, 7) is 8.04. The fourth-order valence-corrected chi connectivity index (χ4v) is 2.54. The van der Waals surface area contributed by atoms with Crippen molar-refractivity contribution in [2.75, 3.05) is 12.9 Å². The number of nitrogens with zero attached hydrogens (tertiary/aromatic N) is 2. The Hall–Kier alpha value is -1.08. The Morgan fingerprint density at radius 1 is 1.45 bits per heavy atom. The maximum Gasteiger partial charge on any atom is 0.226 e. The van der Waals surface area contributed by atoms with Crippen molar-refractivity contribution in [3.8, 4) is 0 Å². The molecule has 0 saturated heterocycles. The zero-order chi connectivity index (χ0) is 16.8. The van der Waals surface area contributed by atoms with Gasteiger partial charge in [0.05, 0.1) is 6.61 Å². The highest BCUT2D eigenvalue weighted by Gasteiger charge is 2.21. The van der Waals surface area contributed by atoms with Crippen LogP contribution in [0.4, 0.5) is 0 Å². The topological polar surface area (TPSA) is 88.2 Å². The Bertz CT molecular complexity index is 467. The van der Waals surface area contributed by atoms with Crippen LogP contribution in [-0.2, 0) is 16.6 Å². The zero-order valence-electron chi connectivity index (χ0n) is 14.0. The van der Waals surface area contributed by atoms with Gasteiger partial charge in [0, 0.05) is 29.5 Å². The largest absolute Gasteiger partial charge is 0.395 e. The van der Waals surface area contributed by atoms with Crippen molar-refractivity contribution in [3.63, 3.8) is 0 Å². The van der Waals surface area contributed by atoms with Crippen LogP contribution < -0.4 is 5.32 Å². The van der Waals surface area contributed by atoms with Crippen molar-refractivity contribution in [1.29, 1.82) is 0 Å². The number of carbonyl (C=O) groups is 1. The summed E-state index contributed by atoms with van der Waals surface area (Å²) in [5, 5.41) is 16.1. The Labute approximate surface area is 136 Å². The lowest BCUT2D eigenvalue weighted by Crippen LogP contribution is -2.41. The third-order valence-electron chi connectivity index (χ3n) is 3.36. The van der Waals surface area contributed by atoms with Crippen LogP contribution >= 0.6 is 11.8 Å². The van der Waals surface area contributed by atoms with Crippen molar-refractivity contribution >= 4 is 17.7 Å². The molecule has 1 aromatic rings. The second-order valence-corrected chi connectivity index (χ2v) is 7.51. The van der Waals surface area contributed by atoms with Gasteiger partial charge >= 0.3 is 0 Å². The highest BCUT2D eigenvalue weighted by Crippen LogP contribution is 2.19. The van der Waals surface area contributed by atoms with E-state index >= 15 is 0 Å². The molecule has 1 rings (SSSR count). The van der Waals surface area contributed by atoms with E-state index in [1.54, 1.807) is 11.8 Å². The van der Waals surface area contributed by atoms with Gasteiger partial charge in [0.15, 0.2) is 5.82 Å². The Balaban J connectivity index is 2.35. The number of aliphatic hydroxyl groups excluding tert-OH is 1. The van der Waals surface area contributed by atoms with Gasteiger partial charge in [0.1, 0.15) is 0 Å². The molecule has 22 heavy (non-hydrogen) atoms. The number of aromatic nitrogens is 2. The van der Waals surface area contributed by atoms with Gasteiger partial charge in [0.2, 0.25) is 11.8 Å². The average molecular weight is 329 g/mol. The summed E-state index contributed by atoms with van der Waals surface area (Å²) in [7, 11) is 0. The minimum Gasteiger partial charge on any atom is -0.395 e. The van der Waals surface area contributed by atoms with Crippen molar-refractivity contribution < 1.29 is 14.4 Å². The van der Waals surface area contributed by atoms with E-state index in [0.717, 1.165) is 0 Å². The molecule has 0 aromatic carbocycles. The van der Waals surface area contributed by atoms with Gasteiger partial charge in [-0.1, -0.05) is 25.9 Å². The third kappa shape index (κ3) is 5.96. The van der Waals surface area contributed by atoms with Crippen LogP contribution in [0.3, 0.4) is 0 Å². The van der Waals surface area contributed by atoms with Crippen LogP contribution in [0, 0.1) is 0 Å². The van der Waals surface area contributed by atoms with E-state index in [9.17, 15) is 9.90 Å². The van der Waals surface area contributed by atoms with E-state index in [4.69, 9.17) is 4.52 Å². The molecule has 1 heterocycles. The predicted octanol–water partition coefficient (Wildman–Crippen LogP) is 1.92. The number of thioether (sulfide) groups is 1. The Kier molecular flexibility index (Phi) is 7.35. The normalized spacial score (nSPS) is 14.6. The second kappa shape index (κ2) is 8.53. The molecule has 1 amide bonds. The molecule has 0 aliphatic heterocycles. The standard InChI is InChI=1S/C15H27N3O3S/c1-10(11(9-19)22-5)16-12(20)7-6-8-13-17-14(18-21-13)15(2,3)4/h10-11,19H,6-9H2,1-5H3,(H,16,20). The molecule has 2 atom stereocenters. The van der Waals surface area contributed by atoms with Gasteiger partial charge < -0.3 is 14.9 Å². The van der Waals surface area contributed by atoms with Crippen molar-refractivity contribution in [3.05, 3.63) is 11.7 Å². The van der Waals surface area contributed by atoms with E-state index in [0.29, 0.717) is 31.0 Å². The summed E-state index contributed by atoms with van der Waals surface area (Å²) in [5.41, 5.74) is -0.133. The minimum absolute atomic E-state index is 0.0180. The molecule has 0 bridgehead atoms. The number of amides is 1. The van der Waals surface area contributed by atoms with Crippen LogP contribution in [-0.4, -0.2) is 45.3 Å². The number of aliphatic hydroxyl groups is 1. The highest BCUT2D eigenvalue weighted by molar-refractivity contribution is 7.99. The fourth-order valence-electron chi connectivity index (χ4n) is 1.92. The summed E-state index contributed by atoms with van der Waals surface area (Å²) in [6, 6.07) is -0.0524. The van der Waals surface area contributed by atoms with Crippen molar-refractivity contribution in [1.82, 2.24) is 15.5 Å². The first-order valence-electron chi connectivity index (χ1n) is 7.54. The molecule has 0 radical (unpaired) electrons. The molecule has 1 aromatic heterocycles. The van der Waals surface area contributed by atoms with Gasteiger partial charge in [-0.15, -0.1) is 0 Å². The molecular weight excluding hydrogens is 302 g/mol. The van der Waals surface area contributed by atoms with E-state index in [1.165, 1.54) is 0 Å². The number of rotatable bonds is 8. The molecule has 0 aliphatic rings. The van der Waals surface area contributed by atoms with Crippen LogP contribution in [0.25, 0.3) is 0 Å². The number of nitrogens with one attached hydrogen (secondary N) is 1. The molecule has 126 valence electrons. The van der Waals surface area contributed by atoms with E-state index in [1.807, 2.05) is 34.0 Å². The monoisotopic (exact) mass is 329 g/mol. The first-order chi connectivity index (χ1) is 10.3. The highest BCUT2D eigenvalue weighted by atomic mass is 32.2. The van der Waals surface area contributed by atoms with Gasteiger partial charge in [-0.2, -0.15) is 16.7 Å². The number of hydrogen-bond acceptors (Lipinski definition) is 6. The molecule has 0 saturated carbocycles. The molecule has 7 heteroatoms. The number of aryl methyl sites for hydroxylation is 1. The fraction of sp³-hybridized carbons (Fsp3) is 0.800. The van der Waals surface area contributed by atoms with Crippen LogP contribution in [0.5, 0.6) is 0 Å². The number of hydrogen-bond donors (Lipinski definition) is 2. The SMILES string of the molecule is CSC(CO)C(C)NC(=O)CCCc1nc(C(C)(C)C)no1. The smallest absolute Gasteiger partial charge is 0.226 e. The van der Waals surface area contributed by atoms with Crippen LogP contribution in [0.15, 0.2) is 4.52 Å². The molecule has 6 nitrogen and oxygen atoms in total. The molecule has 2 unspecified atom stereocenters. The number of carbonyl (C=O) groups excluding carboxylic acids is 1. The lowest BCUT2D eigenvalue weighted by atomic mass is 9.96. The van der Waals surface area contributed by atoms with Gasteiger partial charge in [-0.25, -0.2) is 0 Å². The lowest BCUT2D eigenvalue weighted by Gasteiger charge is -2.21. The first-order valence-corrected chi connectivity index (χ1v) is 8.82. The Morgan fingerprint density at radius 2 is 2.14 bits per heavy atom. The van der Waals surface area contributed by atoms with E-state index < -0.39 is 0 Å². The van der Waals surface area contributed by atoms with E-state index in [2.05, 4.69) is 15.5 Å². The maximum atomic E-state index is 11.9. The molecule has 0 aliphatic carbocycles. The summed E-state index contributed by atoms with van der Waals surface area (Å²) in [4.78, 5) is 16.2. The quantitative estimate of drug-likeness (QED) is 0.757. The summed E-state index contributed by atoms with van der Waals surface area (Å²) >= 11 is 1.55. The summed E-state index contributed by atoms with van der Waals surface area (Å²) in [5.74, 6) is 1.24. The van der Waals surface area contributed by atoms with Crippen molar-refractivity contribution in [2.24, 2.45) is 0 Å².